The van der Waals surface area contributed by atoms with Crippen molar-refractivity contribution in [3.8, 4) is 0 Å². The van der Waals surface area contributed by atoms with E-state index in [1.165, 1.54) is 22.2 Å². The van der Waals surface area contributed by atoms with Gasteiger partial charge in [-0.25, -0.2) is 0 Å². The van der Waals surface area contributed by atoms with Crippen molar-refractivity contribution in [1.82, 2.24) is 14.9 Å². The number of aromatic nitrogens is 2. The summed E-state index contributed by atoms with van der Waals surface area (Å²) in [5, 5.41) is 1.29. The Morgan fingerprint density at radius 2 is 1.71 bits per heavy atom. The summed E-state index contributed by atoms with van der Waals surface area (Å²) in [6, 6.07) is 20.8. The lowest BCUT2D eigenvalue weighted by Gasteiger charge is -2.42. The molecule has 2 aliphatic rings. The quantitative estimate of drug-likeness (QED) is 0.501. The van der Waals surface area contributed by atoms with Gasteiger partial charge in [0.1, 0.15) is 0 Å². The lowest BCUT2D eigenvalue weighted by molar-refractivity contribution is 0.0963. The predicted octanol–water partition coefficient (Wildman–Crippen LogP) is 4.35. The van der Waals surface area contributed by atoms with Crippen LogP contribution >= 0.6 is 0 Å². The van der Waals surface area contributed by atoms with Gasteiger partial charge in [0.15, 0.2) is 0 Å². The van der Waals surface area contributed by atoms with Crippen LogP contribution in [-0.2, 0) is 6.42 Å². The van der Waals surface area contributed by atoms with Crippen molar-refractivity contribution < 1.29 is 4.79 Å². The maximum absolute atomic E-state index is 13.6. The lowest BCUT2D eigenvalue weighted by atomic mass is 9.94. The predicted molar refractivity (Wildman–Crippen MR) is 137 cm³/mol. The van der Waals surface area contributed by atoms with Crippen LogP contribution in [0.3, 0.4) is 0 Å². The third kappa shape index (κ3) is 3.84. The van der Waals surface area contributed by atoms with E-state index >= 15 is 0 Å². The van der Waals surface area contributed by atoms with Crippen molar-refractivity contribution in [2.75, 3.05) is 42.5 Å². The van der Waals surface area contributed by atoms with Crippen LogP contribution in [-0.4, -0.2) is 59.5 Å². The summed E-state index contributed by atoms with van der Waals surface area (Å²) < 4.78 is 0. The summed E-state index contributed by atoms with van der Waals surface area (Å²) in [7, 11) is 0. The van der Waals surface area contributed by atoms with Gasteiger partial charge in [-0.15, -0.1) is 0 Å². The zero-order valence-corrected chi connectivity index (χ0v) is 19.2. The molecular formula is C28H29N5O. The number of rotatable bonds is 4. The topological polar surface area (TPSA) is 55.5 Å². The van der Waals surface area contributed by atoms with Gasteiger partial charge in [0.2, 0.25) is 0 Å². The van der Waals surface area contributed by atoms with Crippen LogP contribution in [0.15, 0.2) is 79.3 Å². The Morgan fingerprint density at radius 3 is 2.56 bits per heavy atom. The Balaban J connectivity index is 1.20. The minimum absolute atomic E-state index is 0.0670. The zero-order chi connectivity index (χ0) is 22.9. The van der Waals surface area contributed by atoms with Crippen molar-refractivity contribution in [2.45, 2.75) is 18.9 Å². The number of hydrogen-bond donors (Lipinski definition) is 1. The summed E-state index contributed by atoms with van der Waals surface area (Å²) in [5.74, 6) is 0.0670. The maximum atomic E-state index is 13.6. The van der Waals surface area contributed by atoms with Crippen LogP contribution in [0.5, 0.6) is 0 Å². The number of hydrogen-bond acceptors (Lipinski definition) is 4. The van der Waals surface area contributed by atoms with Crippen LogP contribution < -0.4 is 9.80 Å². The number of para-hydroxylation sites is 1. The number of nitrogens with one attached hydrogen (secondary N) is 1. The summed E-state index contributed by atoms with van der Waals surface area (Å²) in [6.45, 7) is 4.87. The number of anilines is 2. The van der Waals surface area contributed by atoms with Crippen molar-refractivity contribution in [3.05, 3.63) is 90.4 Å². The number of pyridine rings is 1. The molecule has 2 aromatic carbocycles. The number of amides is 1. The molecule has 6 rings (SSSR count). The second-order valence-corrected chi connectivity index (χ2v) is 9.24. The van der Waals surface area contributed by atoms with Crippen molar-refractivity contribution in [3.63, 3.8) is 0 Å². The molecule has 0 saturated carbocycles. The normalized spacial score (nSPS) is 18.8. The first-order valence-corrected chi connectivity index (χ1v) is 12.1. The second kappa shape index (κ2) is 8.95. The van der Waals surface area contributed by atoms with Gasteiger partial charge in [0, 0.05) is 79.2 Å². The minimum Gasteiger partial charge on any atom is -0.368 e. The Labute approximate surface area is 199 Å². The number of fused-ring (bicyclic) bond motifs is 2. The Morgan fingerprint density at radius 1 is 0.912 bits per heavy atom. The minimum atomic E-state index is 0.0670. The smallest absolute Gasteiger partial charge is 0.258 e. The number of piperazine rings is 1. The summed E-state index contributed by atoms with van der Waals surface area (Å²) in [6.07, 6.45) is 7.40. The number of aromatic amines is 1. The number of H-pyrrole nitrogens is 1. The van der Waals surface area contributed by atoms with Crippen molar-refractivity contribution >= 4 is 28.2 Å². The van der Waals surface area contributed by atoms with E-state index in [1.807, 2.05) is 29.3 Å². The molecule has 0 radical (unpaired) electrons. The average molecular weight is 452 g/mol. The molecule has 1 saturated heterocycles. The molecule has 1 unspecified atom stereocenters. The van der Waals surface area contributed by atoms with E-state index in [-0.39, 0.29) is 11.9 Å². The fourth-order valence-corrected chi connectivity index (χ4v) is 5.50. The molecule has 172 valence electrons. The first kappa shape index (κ1) is 20.9. The molecular weight excluding hydrogens is 422 g/mol. The Bertz CT molecular complexity index is 1290. The molecule has 2 aromatic heterocycles. The fourth-order valence-electron chi connectivity index (χ4n) is 5.50. The Hall–Kier alpha value is -3.64. The number of carbonyl (C=O) groups excluding carboxylic acids is 1. The molecule has 4 aromatic rings. The highest BCUT2D eigenvalue weighted by Crippen LogP contribution is 2.33. The van der Waals surface area contributed by atoms with E-state index < -0.39 is 0 Å². The first-order valence-electron chi connectivity index (χ1n) is 12.1. The monoisotopic (exact) mass is 451 g/mol. The molecule has 1 fully saturated rings. The highest BCUT2D eigenvalue weighted by atomic mass is 16.2. The van der Waals surface area contributed by atoms with Gasteiger partial charge >= 0.3 is 0 Å². The van der Waals surface area contributed by atoms with Crippen LogP contribution in [0.25, 0.3) is 10.9 Å². The van der Waals surface area contributed by atoms with E-state index in [9.17, 15) is 4.79 Å². The van der Waals surface area contributed by atoms with Gasteiger partial charge < -0.3 is 14.8 Å². The maximum Gasteiger partial charge on any atom is 0.258 e. The molecule has 0 bridgehead atoms. The summed E-state index contributed by atoms with van der Waals surface area (Å²) >= 11 is 0. The summed E-state index contributed by atoms with van der Waals surface area (Å²) in [4.78, 5) is 28.1. The fraction of sp³-hybridized carbons (Fsp3) is 0.286. The molecule has 0 aliphatic carbocycles. The van der Waals surface area contributed by atoms with E-state index in [0.717, 1.165) is 51.3 Å². The standard InChI is InChI=1S/C28H29N5O/c34-28(22-10-13-29-14-11-22)33-23(9-8-21-4-1-2-6-26(21)33)20-31-16-18-32(19-17-31)27-7-3-5-25-24(27)12-15-30-25/h1-7,10-15,23,30H,8-9,16-20H2. The molecule has 1 atom stereocenters. The van der Waals surface area contributed by atoms with E-state index in [2.05, 4.69) is 62.2 Å². The number of carbonyl (C=O) groups is 1. The van der Waals surface area contributed by atoms with Gasteiger partial charge in [-0.2, -0.15) is 0 Å². The van der Waals surface area contributed by atoms with Gasteiger partial charge in [-0.1, -0.05) is 24.3 Å². The molecule has 34 heavy (non-hydrogen) atoms. The third-order valence-corrected chi connectivity index (χ3v) is 7.26. The number of benzene rings is 2. The largest absolute Gasteiger partial charge is 0.368 e. The molecule has 2 aliphatic heterocycles. The molecule has 1 amide bonds. The first-order chi connectivity index (χ1) is 16.8. The van der Waals surface area contributed by atoms with Gasteiger partial charge in [0.05, 0.1) is 6.04 Å². The van der Waals surface area contributed by atoms with Crippen molar-refractivity contribution in [1.29, 1.82) is 0 Å². The van der Waals surface area contributed by atoms with Crippen LogP contribution in [0.2, 0.25) is 0 Å². The van der Waals surface area contributed by atoms with Gasteiger partial charge in [-0.05, 0) is 54.8 Å². The molecule has 6 heteroatoms. The highest BCUT2D eigenvalue weighted by molar-refractivity contribution is 6.07. The van der Waals surface area contributed by atoms with Crippen LogP contribution in [0.4, 0.5) is 11.4 Å². The lowest BCUT2D eigenvalue weighted by Crippen LogP contribution is -2.54. The highest BCUT2D eigenvalue weighted by Gasteiger charge is 2.33. The molecule has 6 nitrogen and oxygen atoms in total. The van der Waals surface area contributed by atoms with Crippen LogP contribution in [0.1, 0.15) is 22.3 Å². The van der Waals surface area contributed by atoms with E-state index in [1.54, 1.807) is 12.4 Å². The zero-order valence-electron chi connectivity index (χ0n) is 19.2. The van der Waals surface area contributed by atoms with Crippen LogP contribution in [0, 0.1) is 0 Å². The molecule has 0 spiro atoms. The van der Waals surface area contributed by atoms with Gasteiger partial charge in [0.25, 0.3) is 5.91 Å². The Kier molecular flexibility index (Phi) is 5.51. The number of aryl methyl sites for hydroxylation is 1. The molecule has 1 N–H and O–H groups in total. The second-order valence-electron chi connectivity index (χ2n) is 9.24. The van der Waals surface area contributed by atoms with E-state index in [0.29, 0.717) is 5.56 Å². The molecule has 4 heterocycles. The van der Waals surface area contributed by atoms with Gasteiger partial charge in [-0.3, -0.25) is 14.7 Å². The van der Waals surface area contributed by atoms with Crippen molar-refractivity contribution in [2.24, 2.45) is 0 Å². The third-order valence-electron chi connectivity index (χ3n) is 7.26. The SMILES string of the molecule is O=C(c1ccncc1)N1c2ccccc2CCC1CN1CCN(c2cccc3[nH]ccc23)CC1. The number of nitrogens with zero attached hydrogens (tertiary/aromatic N) is 4. The van der Waals surface area contributed by atoms with E-state index in [4.69, 9.17) is 0 Å². The summed E-state index contributed by atoms with van der Waals surface area (Å²) in [5.41, 5.74) is 5.50. The average Bonchev–Trinajstić information content (AvgIpc) is 3.38.